The summed E-state index contributed by atoms with van der Waals surface area (Å²) in [7, 11) is 0. The van der Waals surface area contributed by atoms with E-state index in [-0.39, 0.29) is 0 Å². The zero-order valence-electron chi connectivity index (χ0n) is 21.0. The summed E-state index contributed by atoms with van der Waals surface area (Å²) in [4.78, 5) is 0. The molecule has 3 nitrogen and oxygen atoms in total. The number of fused-ring (bicyclic) bond motifs is 5. The predicted molar refractivity (Wildman–Crippen MR) is 155 cm³/mol. The molecule has 2 aliphatic carbocycles. The maximum Gasteiger partial charge on any atom is 0.0574 e. The van der Waals surface area contributed by atoms with Crippen molar-refractivity contribution in [3.63, 3.8) is 0 Å². The highest BCUT2D eigenvalue weighted by molar-refractivity contribution is 5.95. The van der Waals surface area contributed by atoms with Crippen molar-refractivity contribution in [2.24, 2.45) is 0 Å². The fourth-order valence-corrected chi connectivity index (χ4v) is 5.75. The zero-order chi connectivity index (χ0) is 25.0. The minimum Gasteiger partial charge on any atom is -0.399 e. The van der Waals surface area contributed by atoms with Crippen LogP contribution in [-0.2, 0) is 19.3 Å². The average Bonchev–Trinajstić information content (AvgIpc) is 2.96. The van der Waals surface area contributed by atoms with Gasteiger partial charge in [0.25, 0.3) is 0 Å². The van der Waals surface area contributed by atoms with Gasteiger partial charge < -0.3 is 5.73 Å². The molecule has 0 saturated carbocycles. The van der Waals surface area contributed by atoms with E-state index in [0.717, 1.165) is 29.3 Å². The predicted octanol–water partition coefficient (Wildman–Crippen LogP) is 7.89. The van der Waals surface area contributed by atoms with Gasteiger partial charge in [-0.25, -0.2) is 0 Å². The van der Waals surface area contributed by atoms with Crippen molar-refractivity contribution in [3.05, 3.63) is 131 Å². The van der Waals surface area contributed by atoms with Crippen LogP contribution >= 0.6 is 0 Å². The number of benzene rings is 4. The molecule has 1 heterocycles. The molecular formula is C34H31N3. The molecule has 37 heavy (non-hydrogen) atoms. The Balaban J connectivity index is 0.000000210. The minimum absolute atomic E-state index is 0.853. The molecule has 2 N–H and O–H groups in total. The second-order valence-electron chi connectivity index (χ2n) is 9.93. The summed E-state index contributed by atoms with van der Waals surface area (Å²) in [5.41, 5.74) is 15.8. The summed E-state index contributed by atoms with van der Waals surface area (Å²) in [6, 6.07) is 27.8. The lowest BCUT2D eigenvalue weighted by Crippen LogP contribution is -2.08. The Labute approximate surface area is 218 Å². The number of allylic oxidation sites excluding steroid dienone is 4. The number of aryl methyl sites for hydroxylation is 3. The van der Waals surface area contributed by atoms with Crippen LogP contribution in [0.1, 0.15) is 41.5 Å². The lowest BCUT2D eigenvalue weighted by molar-refractivity contribution is 0.830. The van der Waals surface area contributed by atoms with Crippen molar-refractivity contribution in [1.82, 2.24) is 10.2 Å². The number of rotatable bonds is 3. The molecule has 1 aromatic heterocycles. The van der Waals surface area contributed by atoms with E-state index in [9.17, 15) is 0 Å². The highest BCUT2D eigenvalue weighted by atomic mass is 15.1. The molecule has 0 saturated heterocycles. The first-order valence-corrected chi connectivity index (χ1v) is 13.2. The van der Waals surface area contributed by atoms with Crippen LogP contribution in [0.3, 0.4) is 0 Å². The van der Waals surface area contributed by atoms with E-state index in [2.05, 4.69) is 70.9 Å². The van der Waals surface area contributed by atoms with Gasteiger partial charge in [-0.2, -0.15) is 10.2 Å². The Kier molecular flexibility index (Phi) is 6.51. The van der Waals surface area contributed by atoms with Gasteiger partial charge >= 0.3 is 0 Å². The highest BCUT2D eigenvalue weighted by Gasteiger charge is 2.21. The second kappa shape index (κ2) is 10.4. The van der Waals surface area contributed by atoms with E-state index in [4.69, 9.17) is 5.73 Å². The van der Waals surface area contributed by atoms with Crippen molar-refractivity contribution >= 4 is 32.8 Å². The van der Waals surface area contributed by atoms with Gasteiger partial charge in [0.1, 0.15) is 0 Å². The normalized spacial score (nSPS) is 14.2. The average molecular weight is 482 g/mol. The minimum atomic E-state index is 0.853. The van der Waals surface area contributed by atoms with E-state index in [1.165, 1.54) is 58.7 Å². The van der Waals surface area contributed by atoms with E-state index >= 15 is 0 Å². The van der Waals surface area contributed by atoms with Gasteiger partial charge in [0, 0.05) is 16.5 Å². The monoisotopic (exact) mass is 481 g/mol. The largest absolute Gasteiger partial charge is 0.399 e. The SMILES string of the molecule is Nc1cccc(CCc2cccc3ccc4c(c23)CCC2=C4C=CCC2)c1.c1ccc2cnncc2c1. The molecule has 182 valence electrons. The Morgan fingerprint density at radius 1 is 0.703 bits per heavy atom. The quantitative estimate of drug-likeness (QED) is 0.267. The number of hydrogen-bond donors (Lipinski definition) is 1. The Morgan fingerprint density at radius 3 is 2.30 bits per heavy atom. The van der Waals surface area contributed by atoms with Crippen LogP contribution in [0.4, 0.5) is 5.69 Å². The van der Waals surface area contributed by atoms with Crippen molar-refractivity contribution in [1.29, 1.82) is 0 Å². The third kappa shape index (κ3) is 4.90. The summed E-state index contributed by atoms with van der Waals surface area (Å²) in [6.07, 6.45) is 15.1. The maximum atomic E-state index is 5.96. The molecule has 4 aromatic carbocycles. The van der Waals surface area contributed by atoms with E-state index in [0.29, 0.717) is 0 Å². The van der Waals surface area contributed by atoms with E-state index < -0.39 is 0 Å². The smallest absolute Gasteiger partial charge is 0.0574 e. The van der Waals surface area contributed by atoms with E-state index in [1.807, 2.05) is 30.3 Å². The van der Waals surface area contributed by atoms with Gasteiger partial charge in [-0.15, -0.1) is 0 Å². The summed E-state index contributed by atoms with van der Waals surface area (Å²) >= 11 is 0. The molecule has 0 radical (unpaired) electrons. The van der Waals surface area contributed by atoms with Crippen LogP contribution in [0, 0.1) is 0 Å². The van der Waals surface area contributed by atoms with Crippen molar-refractivity contribution in [2.45, 2.75) is 38.5 Å². The van der Waals surface area contributed by atoms with E-state index in [1.54, 1.807) is 23.5 Å². The number of nitrogens with two attached hydrogens (primary N) is 1. The molecule has 3 heteroatoms. The van der Waals surface area contributed by atoms with Crippen LogP contribution in [0.5, 0.6) is 0 Å². The van der Waals surface area contributed by atoms with Crippen LogP contribution in [-0.4, -0.2) is 10.2 Å². The number of hydrogen-bond acceptors (Lipinski definition) is 3. The topological polar surface area (TPSA) is 51.8 Å². The Morgan fingerprint density at radius 2 is 1.49 bits per heavy atom. The number of nitrogens with zero attached hydrogens (tertiary/aromatic N) is 2. The zero-order valence-corrected chi connectivity index (χ0v) is 21.0. The molecule has 5 aromatic rings. The molecule has 0 spiro atoms. The molecule has 0 fully saturated rings. The summed E-state index contributed by atoms with van der Waals surface area (Å²) in [6.45, 7) is 0. The third-order valence-electron chi connectivity index (χ3n) is 7.57. The first kappa shape index (κ1) is 23.2. The summed E-state index contributed by atoms with van der Waals surface area (Å²) in [5.74, 6) is 0. The molecule has 0 bridgehead atoms. The van der Waals surface area contributed by atoms with Crippen molar-refractivity contribution < 1.29 is 0 Å². The van der Waals surface area contributed by atoms with Gasteiger partial charge in [-0.05, 0) is 89.3 Å². The second-order valence-corrected chi connectivity index (χ2v) is 9.93. The van der Waals surface area contributed by atoms with Crippen molar-refractivity contribution in [2.75, 3.05) is 5.73 Å². The van der Waals surface area contributed by atoms with Crippen LogP contribution in [0.2, 0.25) is 0 Å². The van der Waals surface area contributed by atoms with Crippen LogP contribution in [0.15, 0.2) is 109 Å². The highest BCUT2D eigenvalue weighted by Crippen LogP contribution is 2.40. The fraction of sp³-hybridized carbons (Fsp3) is 0.176. The standard InChI is InChI=1S/C26H25N.C8H6N2/c27-22-9-3-5-18(17-22)11-12-20-7-4-8-21-14-15-24-23-10-2-1-6-19(23)13-16-25(24)26(20)21;1-2-4-8-6-10-9-5-7(8)3-1/h2-5,7-10,14-15,17H,1,6,11-13,16,27H2;1-6H. The lowest BCUT2D eigenvalue weighted by Gasteiger charge is -2.26. The molecule has 0 atom stereocenters. The molecular weight excluding hydrogens is 450 g/mol. The van der Waals surface area contributed by atoms with Gasteiger partial charge in [-0.3, -0.25) is 0 Å². The number of aromatic nitrogens is 2. The molecule has 7 rings (SSSR count). The molecule has 0 aliphatic heterocycles. The van der Waals surface area contributed by atoms with Gasteiger partial charge in [-0.1, -0.05) is 84.5 Å². The fourth-order valence-electron chi connectivity index (χ4n) is 5.75. The first-order valence-electron chi connectivity index (χ1n) is 13.2. The van der Waals surface area contributed by atoms with Crippen LogP contribution in [0.25, 0.3) is 27.1 Å². The molecule has 2 aliphatic rings. The maximum absolute atomic E-state index is 5.96. The number of anilines is 1. The van der Waals surface area contributed by atoms with Gasteiger partial charge in [0.2, 0.25) is 0 Å². The van der Waals surface area contributed by atoms with Crippen LogP contribution < -0.4 is 5.73 Å². The summed E-state index contributed by atoms with van der Waals surface area (Å²) in [5, 5.41) is 12.7. The van der Waals surface area contributed by atoms with Crippen molar-refractivity contribution in [3.8, 4) is 0 Å². The number of nitrogen functional groups attached to an aromatic ring is 1. The van der Waals surface area contributed by atoms with Gasteiger partial charge in [0.15, 0.2) is 0 Å². The molecule has 0 amide bonds. The lowest BCUT2D eigenvalue weighted by atomic mass is 9.78. The Hall–Kier alpha value is -4.24. The third-order valence-corrected chi connectivity index (χ3v) is 7.57. The first-order chi connectivity index (χ1) is 18.3. The summed E-state index contributed by atoms with van der Waals surface area (Å²) < 4.78 is 0. The van der Waals surface area contributed by atoms with Gasteiger partial charge in [0.05, 0.1) is 12.4 Å². The Bertz CT molecular complexity index is 1580. The molecule has 0 unspecified atom stereocenters.